The number of imidazole rings is 1. The monoisotopic (exact) mass is 425 g/mol. The summed E-state index contributed by atoms with van der Waals surface area (Å²) in [6.07, 6.45) is 2.60. The standard InChI is InChI=1S/C17H17Cl2N5O2S/c18-12-2-1-3-13(19)11(12)8-24-9-21-15(20)14-17(24)23-16(22-14)10-4-6-27(25,26)7-5-10/h1-3,9-10,20H,4-8H2,(H,22,23). The largest absolute Gasteiger partial charge is 0.337 e. The number of nitrogens with one attached hydrogen (secondary N) is 2. The number of rotatable bonds is 3. The van der Waals surface area contributed by atoms with Crippen molar-refractivity contribution in [1.82, 2.24) is 19.5 Å². The highest BCUT2D eigenvalue weighted by Gasteiger charge is 2.27. The Morgan fingerprint density at radius 1 is 1.22 bits per heavy atom. The van der Waals surface area contributed by atoms with Gasteiger partial charge in [-0.05, 0) is 25.0 Å². The molecule has 3 aromatic rings. The second-order valence-electron chi connectivity index (χ2n) is 6.67. The third-order valence-electron chi connectivity index (χ3n) is 4.87. The predicted octanol–water partition coefficient (Wildman–Crippen LogP) is 2.89. The average molecular weight is 426 g/mol. The Morgan fingerprint density at radius 2 is 1.89 bits per heavy atom. The number of aromatic amines is 1. The number of halogens is 2. The van der Waals surface area contributed by atoms with Gasteiger partial charge < -0.3 is 9.55 Å². The van der Waals surface area contributed by atoms with Crippen molar-refractivity contribution in [3.8, 4) is 0 Å². The maximum absolute atomic E-state index is 11.7. The fourth-order valence-corrected chi connectivity index (χ4v) is 5.34. The summed E-state index contributed by atoms with van der Waals surface area (Å²) in [4.78, 5) is 12.0. The molecule has 1 aromatic carbocycles. The van der Waals surface area contributed by atoms with Crippen molar-refractivity contribution in [1.29, 1.82) is 5.41 Å². The lowest BCUT2D eigenvalue weighted by Crippen LogP contribution is -2.22. The second kappa shape index (κ2) is 6.92. The first-order valence-corrected chi connectivity index (χ1v) is 11.0. The van der Waals surface area contributed by atoms with Crippen LogP contribution in [0.25, 0.3) is 11.2 Å². The molecular formula is C17H17Cl2N5O2S. The topological polar surface area (TPSA) is 104 Å². The van der Waals surface area contributed by atoms with Crippen LogP contribution in [0.3, 0.4) is 0 Å². The van der Waals surface area contributed by atoms with Crippen molar-refractivity contribution in [3.63, 3.8) is 0 Å². The summed E-state index contributed by atoms with van der Waals surface area (Å²) in [5, 5.41) is 9.17. The van der Waals surface area contributed by atoms with E-state index in [9.17, 15) is 8.42 Å². The molecule has 2 N–H and O–H groups in total. The van der Waals surface area contributed by atoms with Gasteiger partial charge in [0.25, 0.3) is 0 Å². The van der Waals surface area contributed by atoms with Gasteiger partial charge in [-0.1, -0.05) is 29.3 Å². The minimum Gasteiger partial charge on any atom is -0.337 e. The van der Waals surface area contributed by atoms with E-state index in [2.05, 4.69) is 15.0 Å². The zero-order chi connectivity index (χ0) is 19.2. The Morgan fingerprint density at radius 3 is 2.56 bits per heavy atom. The molecule has 27 heavy (non-hydrogen) atoms. The lowest BCUT2D eigenvalue weighted by molar-refractivity contribution is 0.540. The summed E-state index contributed by atoms with van der Waals surface area (Å²) in [7, 11) is -2.95. The first-order valence-electron chi connectivity index (χ1n) is 8.47. The SMILES string of the molecule is N=c1ncn(Cc2c(Cl)cccc2Cl)c2nc(C3CCS(=O)(=O)CC3)[nH]c12. The molecule has 10 heteroatoms. The Hall–Kier alpha value is -1.90. The van der Waals surface area contributed by atoms with E-state index in [4.69, 9.17) is 28.6 Å². The Kier molecular flexibility index (Phi) is 4.73. The van der Waals surface area contributed by atoms with E-state index in [0.717, 1.165) is 5.56 Å². The van der Waals surface area contributed by atoms with Crippen molar-refractivity contribution in [3.05, 3.63) is 51.4 Å². The van der Waals surface area contributed by atoms with E-state index in [0.29, 0.717) is 46.4 Å². The van der Waals surface area contributed by atoms with Crippen LogP contribution in [0.5, 0.6) is 0 Å². The Bertz CT molecular complexity index is 1150. The maximum Gasteiger partial charge on any atom is 0.173 e. The van der Waals surface area contributed by atoms with E-state index >= 15 is 0 Å². The quantitative estimate of drug-likeness (QED) is 0.672. The van der Waals surface area contributed by atoms with Crippen molar-refractivity contribution in [2.75, 3.05) is 11.5 Å². The van der Waals surface area contributed by atoms with Gasteiger partial charge in [0.15, 0.2) is 11.1 Å². The molecule has 1 fully saturated rings. The third kappa shape index (κ3) is 3.61. The van der Waals surface area contributed by atoms with E-state index in [1.807, 2.05) is 0 Å². The number of sulfone groups is 1. The zero-order valence-corrected chi connectivity index (χ0v) is 16.6. The molecular weight excluding hydrogens is 409 g/mol. The van der Waals surface area contributed by atoms with E-state index in [-0.39, 0.29) is 22.9 Å². The van der Waals surface area contributed by atoms with Crippen LogP contribution in [0.2, 0.25) is 10.0 Å². The van der Waals surface area contributed by atoms with Crippen molar-refractivity contribution < 1.29 is 8.42 Å². The van der Waals surface area contributed by atoms with Crippen LogP contribution < -0.4 is 5.49 Å². The summed E-state index contributed by atoms with van der Waals surface area (Å²) >= 11 is 12.6. The zero-order valence-electron chi connectivity index (χ0n) is 14.2. The van der Waals surface area contributed by atoms with Crippen LogP contribution in [0, 0.1) is 5.41 Å². The van der Waals surface area contributed by atoms with Crippen LogP contribution in [-0.2, 0) is 16.4 Å². The average Bonchev–Trinajstić information content (AvgIpc) is 3.06. The van der Waals surface area contributed by atoms with Gasteiger partial charge in [0.2, 0.25) is 0 Å². The normalized spacial score (nSPS) is 17.4. The smallest absolute Gasteiger partial charge is 0.173 e. The number of aromatic nitrogens is 4. The van der Waals surface area contributed by atoms with E-state index in [1.165, 1.54) is 0 Å². The number of H-pyrrole nitrogens is 1. The number of hydrogen-bond acceptors (Lipinski definition) is 5. The molecule has 0 atom stereocenters. The second-order valence-corrected chi connectivity index (χ2v) is 9.79. The molecule has 1 aliphatic heterocycles. The molecule has 0 amide bonds. The lowest BCUT2D eigenvalue weighted by Gasteiger charge is -2.19. The van der Waals surface area contributed by atoms with Gasteiger partial charge in [-0.15, -0.1) is 0 Å². The maximum atomic E-state index is 11.7. The van der Waals surface area contributed by atoms with Gasteiger partial charge in [-0.3, -0.25) is 5.41 Å². The molecule has 7 nitrogen and oxygen atoms in total. The molecule has 142 valence electrons. The van der Waals surface area contributed by atoms with Crippen LogP contribution in [0.4, 0.5) is 0 Å². The van der Waals surface area contributed by atoms with Crippen molar-refractivity contribution in [2.45, 2.75) is 25.3 Å². The van der Waals surface area contributed by atoms with Gasteiger partial charge in [0.1, 0.15) is 21.2 Å². The number of hydrogen-bond donors (Lipinski definition) is 2. The molecule has 3 heterocycles. The number of fused-ring (bicyclic) bond motifs is 1. The van der Waals surface area contributed by atoms with Gasteiger partial charge in [-0.2, -0.15) is 0 Å². The predicted molar refractivity (Wildman–Crippen MR) is 104 cm³/mol. The van der Waals surface area contributed by atoms with Crippen molar-refractivity contribution >= 4 is 44.2 Å². The molecule has 1 saturated heterocycles. The number of nitrogens with zero attached hydrogens (tertiary/aromatic N) is 3. The van der Waals surface area contributed by atoms with Crippen LogP contribution in [0.1, 0.15) is 30.1 Å². The molecule has 1 aliphatic rings. The lowest BCUT2D eigenvalue weighted by atomic mass is 10.0. The van der Waals surface area contributed by atoms with Crippen LogP contribution >= 0.6 is 23.2 Å². The molecule has 0 bridgehead atoms. The number of benzene rings is 1. The van der Waals surface area contributed by atoms with Crippen molar-refractivity contribution in [2.24, 2.45) is 0 Å². The van der Waals surface area contributed by atoms with Crippen LogP contribution in [-0.4, -0.2) is 39.4 Å². The Balaban J connectivity index is 1.74. The first kappa shape index (κ1) is 18.5. The summed E-state index contributed by atoms with van der Waals surface area (Å²) in [5.74, 6) is 1.05. The molecule has 0 saturated carbocycles. The molecule has 0 radical (unpaired) electrons. The summed E-state index contributed by atoms with van der Waals surface area (Å²) in [6, 6.07) is 5.32. The van der Waals surface area contributed by atoms with Gasteiger partial charge in [0.05, 0.1) is 24.4 Å². The summed E-state index contributed by atoms with van der Waals surface area (Å²) in [5.41, 5.74) is 1.94. The van der Waals surface area contributed by atoms with Gasteiger partial charge in [0, 0.05) is 21.5 Å². The van der Waals surface area contributed by atoms with Crippen LogP contribution in [0.15, 0.2) is 24.5 Å². The minimum absolute atomic E-state index is 0.0256. The fraction of sp³-hybridized carbons (Fsp3) is 0.353. The van der Waals surface area contributed by atoms with Gasteiger partial charge in [-0.25, -0.2) is 18.4 Å². The first-order chi connectivity index (χ1) is 12.8. The minimum atomic E-state index is -2.95. The highest BCUT2D eigenvalue weighted by Crippen LogP contribution is 2.29. The van der Waals surface area contributed by atoms with Gasteiger partial charge >= 0.3 is 0 Å². The van der Waals surface area contributed by atoms with E-state index < -0.39 is 9.84 Å². The molecule has 0 aliphatic carbocycles. The highest BCUT2D eigenvalue weighted by atomic mass is 35.5. The van der Waals surface area contributed by atoms with E-state index in [1.54, 1.807) is 29.1 Å². The molecule has 2 aromatic heterocycles. The fourth-order valence-electron chi connectivity index (χ4n) is 3.33. The molecule has 0 spiro atoms. The molecule has 0 unspecified atom stereocenters. The highest BCUT2D eigenvalue weighted by molar-refractivity contribution is 7.91. The summed E-state index contributed by atoms with van der Waals surface area (Å²) < 4.78 is 25.1. The summed E-state index contributed by atoms with van der Waals surface area (Å²) in [6.45, 7) is 0.367. The Labute approximate surface area is 165 Å². The molecule has 4 rings (SSSR count). The third-order valence-corrected chi connectivity index (χ3v) is 7.29.